The zero-order valence-corrected chi connectivity index (χ0v) is 14.7. The molecule has 1 aliphatic heterocycles. The Morgan fingerprint density at radius 3 is 2.76 bits per heavy atom. The Hall–Kier alpha value is -2.51. The van der Waals surface area contributed by atoms with Gasteiger partial charge in [0.05, 0.1) is 13.2 Å². The number of rotatable bonds is 3. The lowest BCUT2D eigenvalue weighted by Crippen LogP contribution is -2.35. The number of hydrogen-bond donors (Lipinski definition) is 1. The number of carbonyl (C=O) groups is 1. The number of pyridine rings is 1. The molecule has 7 heteroatoms. The van der Waals surface area contributed by atoms with Crippen molar-refractivity contribution in [3.8, 4) is 11.1 Å². The van der Waals surface area contributed by atoms with Crippen LogP contribution in [-0.4, -0.2) is 41.6 Å². The zero-order chi connectivity index (χ0) is 17.4. The number of benzene rings is 1. The van der Waals surface area contributed by atoms with E-state index in [4.69, 9.17) is 10.5 Å². The molecule has 2 aromatic heterocycles. The van der Waals surface area contributed by atoms with Crippen LogP contribution in [0.2, 0.25) is 0 Å². The molecule has 25 heavy (non-hydrogen) atoms. The van der Waals surface area contributed by atoms with Crippen LogP contribution in [-0.2, 0) is 4.74 Å². The van der Waals surface area contributed by atoms with Gasteiger partial charge in [-0.3, -0.25) is 9.78 Å². The maximum Gasteiger partial charge on any atom is 0.248 e. The van der Waals surface area contributed by atoms with Gasteiger partial charge in [-0.15, -0.1) is 0 Å². The molecule has 128 valence electrons. The molecular weight excluding hydrogens is 336 g/mol. The number of aromatic nitrogens is 2. The predicted octanol–water partition coefficient (Wildman–Crippen LogP) is 2.60. The van der Waals surface area contributed by atoms with Crippen LogP contribution in [0.15, 0.2) is 30.5 Å². The number of anilines is 1. The van der Waals surface area contributed by atoms with E-state index in [-0.39, 0.29) is 0 Å². The Bertz CT molecular complexity index is 947. The highest BCUT2D eigenvalue weighted by atomic mass is 32.1. The summed E-state index contributed by atoms with van der Waals surface area (Å²) in [6.07, 6.45) is 1.86. The molecule has 0 bridgehead atoms. The second-order valence-corrected chi connectivity index (χ2v) is 6.82. The molecule has 0 saturated carbocycles. The van der Waals surface area contributed by atoms with Crippen LogP contribution in [0.5, 0.6) is 0 Å². The normalized spacial score (nSPS) is 14.8. The van der Waals surface area contributed by atoms with Crippen molar-refractivity contribution < 1.29 is 9.53 Å². The quantitative estimate of drug-likeness (QED) is 0.782. The number of nitrogens with two attached hydrogens (primary N) is 1. The third kappa shape index (κ3) is 2.96. The lowest BCUT2D eigenvalue weighted by molar-refractivity contribution is 0.0999. The van der Waals surface area contributed by atoms with Crippen molar-refractivity contribution in [2.75, 3.05) is 31.2 Å². The van der Waals surface area contributed by atoms with Gasteiger partial charge in [0.1, 0.15) is 16.0 Å². The average Bonchev–Trinajstić information content (AvgIpc) is 3.05. The summed E-state index contributed by atoms with van der Waals surface area (Å²) in [6.45, 7) is 5.10. The Balaban J connectivity index is 1.70. The first kappa shape index (κ1) is 16.0. The van der Waals surface area contributed by atoms with Crippen LogP contribution < -0.4 is 10.6 Å². The van der Waals surface area contributed by atoms with E-state index in [9.17, 15) is 4.79 Å². The van der Waals surface area contributed by atoms with Crippen LogP contribution in [0, 0.1) is 6.92 Å². The molecule has 1 fully saturated rings. The van der Waals surface area contributed by atoms with Gasteiger partial charge in [0.2, 0.25) is 5.91 Å². The molecular formula is C18H18N4O2S. The van der Waals surface area contributed by atoms with Crippen LogP contribution in [0.1, 0.15) is 15.9 Å². The molecule has 1 aliphatic rings. The van der Waals surface area contributed by atoms with Crippen molar-refractivity contribution in [3.63, 3.8) is 0 Å². The highest BCUT2D eigenvalue weighted by Gasteiger charge is 2.18. The van der Waals surface area contributed by atoms with Crippen molar-refractivity contribution in [2.24, 2.45) is 5.73 Å². The van der Waals surface area contributed by atoms with E-state index < -0.39 is 5.91 Å². The lowest BCUT2D eigenvalue weighted by atomic mass is 10.0. The maximum atomic E-state index is 11.4. The summed E-state index contributed by atoms with van der Waals surface area (Å²) in [5.41, 5.74) is 10.6. The molecule has 0 spiro atoms. The minimum Gasteiger partial charge on any atom is -0.378 e. The summed E-state index contributed by atoms with van der Waals surface area (Å²) >= 11 is 1.48. The average molecular weight is 354 g/mol. The van der Waals surface area contributed by atoms with E-state index >= 15 is 0 Å². The second-order valence-electron chi connectivity index (χ2n) is 6.07. The summed E-state index contributed by atoms with van der Waals surface area (Å²) in [4.78, 5) is 18.3. The van der Waals surface area contributed by atoms with E-state index in [2.05, 4.69) is 14.3 Å². The topological polar surface area (TPSA) is 81.3 Å². The van der Waals surface area contributed by atoms with Crippen LogP contribution in [0.25, 0.3) is 22.2 Å². The van der Waals surface area contributed by atoms with Gasteiger partial charge < -0.3 is 15.4 Å². The van der Waals surface area contributed by atoms with Crippen molar-refractivity contribution in [3.05, 3.63) is 41.6 Å². The van der Waals surface area contributed by atoms with Gasteiger partial charge in [0.25, 0.3) is 0 Å². The van der Waals surface area contributed by atoms with Crippen LogP contribution in [0.4, 0.5) is 5.00 Å². The molecule has 4 rings (SSSR count). The third-order valence-corrected chi connectivity index (χ3v) is 5.34. The molecule has 1 aromatic carbocycles. The number of ether oxygens (including phenoxy) is 1. The smallest absolute Gasteiger partial charge is 0.248 e. The molecule has 3 aromatic rings. The fraction of sp³-hybridized carbons (Fsp3) is 0.278. The predicted molar refractivity (Wildman–Crippen MR) is 99.1 cm³/mol. The number of aryl methyl sites for hydroxylation is 1. The van der Waals surface area contributed by atoms with E-state index in [1.54, 1.807) is 6.07 Å². The Kier molecular flexibility index (Phi) is 4.10. The van der Waals surface area contributed by atoms with E-state index in [1.807, 2.05) is 31.3 Å². The van der Waals surface area contributed by atoms with Gasteiger partial charge in [-0.25, -0.2) is 0 Å². The zero-order valence-electron chi connectivity index (χ0n) is 13.9. The number of nitrogens with zero attached hydrogens (tertiary/aromatic N) is 3. The first-order chi connectivity index (χ1) is 12.1. The maximum absolute atomic E-state index is 11.4. The largest absolute Gasteiger partial charge is 0.378 e. The van der Waals surface area contributed by atoms with Gasteiger partial charge in [-0.1, -0.05) is 12.1 Å². The summed E-state index contributed by atoms with van der Waals surface area (Å²) in [7, 11) is 0. The summed E-state index contributed by atoms with van der Waals surface area (Å²) < 4.78 is 9.98. The summed E-state index contributed by atoms with van der Waals surface area (Å²) in [5.74, 6) is -0.410. The second kappa shape index (κ2) is 6.42. The Labute approximate surface area is 149 Å². The summed E-state index contributed by atoms with van der Waals surface area (Å²) in [6, 6.07) is 7.66. The van der Waals surface area contributed by atoms with Gasteiger partial charge in [0.15, 0.2) is 0 Å². The first-order valence-corrected chi connectivity index (χ1v) is 8.90. The minimum atomic E-state index is -0.410. The number of hydrogen-bond acceptors (Lipinski definition) is 6. The highest BCUT2D eigenvalue weighted by molar-refractivity contribution is 7.11. The van der Waals surface area contributed by atoms with Gasteiger partial charge >= 0.3 is 0 Å². The minimum absolute atomic E-state index is 0.410. The van der Waals surface area contributed by atoms with Crippen molar-refractivity contribution in [1.29, 1.82) is 0 Å². The standard InChI is InChI=1S/C18H18N4O2S/c1-11-8-12(2-3-14(11)17(19)23)13-9-15-16(20-10-13)18(25-21-15)22-4-6-24-7-5-22/h2-3,8-10H,4-7H2,1H3,(H2,19,23). The molecule has 1 amide bonds. The lowest BCUT2D eigenvalue weighted by Gasteiger charge is -2.26. The molecule has 1 saturated heterocycles. The molecule has 0 aliphatic carbocycles. The number of fused-ring (bicyclic) bond motifs is 1. The van der Waals surface area contributed by atoms with Crippen molar-refractivity contribution in [2.45, 2.75) is 6.92 Å². The van der Waals surface area contributed by atoms with E-state index in [1.165, 1.54) is 11.5 Å². The van der Waals surface area contributed by atoms with Gasteiger partial charge in [-0.2, -0.15) is 4.37 Å². The Morgan fingerprint density at radius 2 is 2.04 bits per heavy atom. The number of amides is 1. The Morgan fingerprint density at radius 1 is 1.24 bits per heavy atom. The first-order valence-electron chi connectivity index (χ1n) is 8.12. The fourth-order valence-corrected chi connectivity index (χ4v) is 3.94. The summed E-state index contributed by atoms with van der Waals surface area (Å²) in [5, 5.41) is 1.10. The molecule has 2 N–H and O–H groups in total. The van der Waals surface area contributed by atoms with Crippen molar-refractivity contribution >= 4 is 33.5 Å². The molecule has 3 heterocycles. The van der Waals surface area contributed by atoms with Crippen LogP contribution in [0.3, 0.4) is 0 Å². The monoisotopic (exact) mass is 354 g/mol. The number of morpholine rings is 1. The number of primary amides is 1. The molecule has 0 atom stereocenters. The van der Waals surface area contributed by atoms with E-state index in [0.29, 0.717) is 5.56 Å². The van der Waals surface area contributed by atoms with Crippen LogP contribution >= 0.6 is 11.5 Å². The van der Waals surface area contributed by atoms with Gasteiger partial charge in [-0.05, 0) is 41.7 Å². The molecule has 0 radical (unpaired) electrons. The highest BCUT2D eigenvalue weighted by Crippen LogP contribution is 2.32. The molecule has 6 nitrogen and oxygen atoms in total. The third-order valence-electron chi connectivity index (χ3n) is 4.42. The molecule has 0 unspecified atom stereocenters. The fourth-order valence-electron chi connectivity index (χ4n) is 3.07. The number of carbonyl (C=O) groups excluding carboxylic acids is 1. The SMILES string of the molecule is Cc1cc(-c2cnc3c(N4CCOCC4)snc3c2)ccc1C(N)=O. The van der Waals surface area contributed by atoms with E-state index in [0.717, 1.165) is 59.0 Å². The van der Waals surface area contributed by atoms with Crippen molar-refractivity contribution in [1.82, 2.24) is 9.36 Å². The van der Waals surface area contributed by atoms with Gasteiger partial charge in [0, 0.05) is 30.4 Å².